The SMILES string of the molecule is COc1cc(C(O)CN2CCC3(CCNC3)CC2)ncc1C#N. The molecule has 3 heterocycles. The zero-order chi connectivity index (χ0) is 16.3. The molecule has 124 valence electrons. The van der Waals surface area contributed by atoms with Gasteiger partial charge in [0.1, 0.15) is 23.5 Å². The monoisotopic (exact) mass is 316 g/mol. The molecule has 0 aromatic carbocycles. The second-order valence-electron chi connectivity index (χ2n) is 6.66. The minimum absolute atomic E-state index is 0.386. The molecule has 0 amide bonds. The predicted molar refractivity (Wildman–Crippen MR) is 86.1 cm³/mol. The summed E-state index contributed by atoms with van der Waals surface area (Å²) in [7, 11) is 1.52. The standard InChI is InChI=1S/C17H24N4O2/c1-23-16-8-14(20-10-13(16)9-18)15(22)11-21-6-3-17(4-7-21)2-5-19-12-17/h8,10,15,19,22H,2-7,11-12H2,1H3. The van der Waals surface area contributed by atoms with Crippen LogP contribution >= 0.6 is 0 Å². The third-order valence-corrected chi connectivity index (χ3v) is 5.25. The van der Waals surface area contributed by atoms with Crippen LogP contribution in [0.4, 0.5) is 0 Å². The number of piperidine rings is 1. The molecule has 0 aliphatic carbocycles. The fourth-order valence-corrected chi connectivity index (χ4v) is 3.66. The van der Waals surface area contributed by atoms with Gasteiger partial charge in [0.15, 0.2) is 0 Å². The highest BCUT2D eigenvalue weighted by Gasteiger charge is 2.37. The van der Waals surface area contributed by atoms with Gasteiger partial charge in [-0.2, -0.15) is 5.26 Å². The van der Waals surface area contributed by atoms with E-state index in [0.29, 0.717) is 29.0 Å². The van der Waals surface area contributed by atoms with E-state index >= 15 is 0 Å². The maximum Gasteiger partial charge on any atom is 0.140 e. The zero-order valence-corrected chi connectivity index (χ0v) is 13.6. The fourth-order valence-electron chi connectivity index (χ4n) is 3.66. The third kappa shape index (κ3) is 3.47. The van der Waals surface area contributed by atoms with Crippen molar-refractivity contribution in [1.29, 1.82) is 5.26 Å². The van der Waals surface area contributed by atoms with Gasteiger partial charge in [-0.05, 0) is 44.3 Å². The first-order valence-electron chi connectivity index (χ1n) is 8.21. The number of likely N-dealkylation sites (tertiary alicyclic amines) is 1. The van der Waals surface area contributed by atoms with Crippen molar-refractivity contribution in [2.45, 2.75) is 25.4 Å². The summed E-state index contributed by atoms with van der Waals surface area (Å²) in [5, 5.41) is 22.9. The molecule has 0 saturated carbocycles. The highest BCUT2D eigenvalue weighted by atomic mass is 16.5. The highest BCUT2D eigenvalue weighted by Crippen LogP contribution is 2.37. The van der Waals surface area contributed by atoms with E-state index in [9.17, 15) is 5.11 Å². The molecule has 6 heteroatoms. The van der Waals surface area contributed by atoms with Crippen LogP contribution in [0, 0.1) is 16.7 Å². The molecule has 6 nitrogen and oxygen atoms in total. The van der Waals surface area contributed by atoms with E-state index in [1.54, 1.807) is 6.07 Å². The van der Waals surface area contributed by atoms with Gasteiger partial charge in [0, 0.05) is 25.4 Å². The topological polar surface area (TPSA) is 81.4 Å². The normalized spacial score (nSPS) is 22.0. The predicted octanol–water partition coefficient (Wildman–Crippen LogP) is 1.07. The summed E-state index contributed by atoms with van der Waals surface area (Å²) >= 11 is 0. The first-order valence-corrected chi connectivity index (χ1v) is 8.21. The Kier molecular flexibility index (Phi) is 4.81. The van der Waals surface area contributed by atoms with Crippen molar-refractivity contribution < 1.29 is 9.84 Å². The Morgan fingerprint density at radius 2 is 2.26 bits per heavy atom. The second kappa shape index (κ2) is 6.83. The number of nitrogens with one attached hydrogen (secondary N) is 1. The number of nitriles is 1. The van der Waals surface area contributed by atoms with E-state index in [1.165, 1.54) is 32.6 Å². The number of hydrogen-bond acceptors (Lipinski definition) is 6. The summed E-state index contributed by atoms with van der Waals surface area (Å²) in [5.41, 5.74) is 1.43. The molecule has 0 bridgehead atoms. The smallest absolute Gasteiger partial charge is 0.140 e. The van der Waals surface area contributed by atoms with Crippen LogP contribution in [0.2, 0.25) is 0 Å². The molecular weight excluding hydrogens is 292 g/mol. The molecule has 1 spiro atoms. The maximum atomic E-state index is 10.5. The van der Waals surface area contributed by atoms with Crippen LogP contribution in [0.15, 0.2) is 12.3 Å². The number of methoxy groups -OCH3 is 1. The minimum atomic E-state index is -0.660. The fraction of sp³-hybridized carbons (Fsp3) is 0.647. The third-order valence-electron chi connectivity index (χ3n) is 5.25. The number of nitrogens with zero attached hydrogens (tertiary/aromatic N) is 3. The Labute approximate surface area is 137 Å². The molecule has 3 rings (SSSR count). The summed E-state index contributed by atoms with van der Waals surface area (Å²) in [4.78, 5) is 6.51. The van der Waals surface area contributed by atoms with Gasteiger partial charge < -0.3 is 20.1 Å². The van der Waals surface area contributed by atoms with E-state index in [0.717, 1.165) is 26.2 Å². The van der Waals surface area contributed by atoms with Crippen molar-refractivity contribution in [3.8, 4) is 11.8 Å². The number of aliphatic hydroxyl groups excluding tert-OH is 1. The largest absolute Gasteiger partial charge is 0.495 e. The van der Waals surface area contributed by atoms with Crippen molar-refractivity contribution in [2.24, 2.45) is 5.41 Å². The van der Waals surface area contributed by atoms with Crippen molar-refractivity contribution in [3.05, 3.63) is 23.5 Å². The zero-order valence-electron chi connectivity index (χ0n) is 13.6. The van der Waals surface area contributed by atoms with Crippen LogP contribution < -0.4 is 10.1 Å². The van der Waals surface area contributed by atoms with Crippen LogP contribution in [0.1, 0.15) is 36.6 Å². The Balaban J connectivity index is 1.59. The molecule has 2 aliphatic heterocycles. The minimum Gasteiger partial charge on any atom is -0.495 e. The molecule has 2 saturated heterocycles. The summed E-state index contributed by atoms with van der Waals surface area (Å²) in [6, 6.07) is 3.70. The van der Waals surface area contributed by atoms with Crippen molar-refractivity contribution >= 4 is 0 Å². The van der Waals surface area contributed by atoms with E-state index in [4.69, 9.17) is 10.00 Å². The average molecular weight is 316 g/mol. The maximum absolute atomic E-state index is 10.5. The lowest BCUT2D eigenvalue weighted by Gasteiger charge is -2.39. The van der Waals surface area contributed by atoms with Gasteiger partial charge in [0.2, 0.25) is 0 Å². The van der Waals surface area contributed by atoms with E-state index in [2.05, 4.69) is 15.2 Å². The van der Waals surface area contributed by atoms with Crippen molar-refractivity contribution in [3.63, 3.8) is 0 Å². The Bertz CT molecular complexity index is 583. The van der Waals surface area contributed by atoms with Gasteiger partial charge in [0.05, 0.1) is 12.8 Å². The summed E-state index contributed by atoms with van der Waals surface area (Å²) in [6.07, 6.45) is 4.46. The van der Waals surface area contributed by atoms with Crippen LogP contribution in [0.25, 0.3) is 0 Å². The molecule has 0 radical (unpaired) electrons. The lowest BCUT2D eigenvalue weighted by molar-refractivity contribution is 0.0627. The van der Waals surface area contributed by atoms with Gasteiger partial charge in [-0.25, -0.2) is 0 Å². The van der Waals surface area contributed by atoms with Gasteiger partial charge in [-0.3, -0.25) is 4.98 Å². The number of aliphatic hydroxyl groups is 1. The number of aromatic nitrogens is 1. The molecule has 2 N–H and O–H groups in total. The summed E-state index contributed by atoms with van der Waals surface area (Å²) < 4.78 is 5.19. The van der Waals surface area contributed by atoms with Crippen molar-refractivity contribution in [2.75, 3.05) is 39.8 Å². The highest BCUT2D eigenvalue weighted by molar-refractivity contribution is 5.42. The molecule has 23 heavy (non-hydrogen) atoms. The lowest BCUT2D eigenvalue weighted by Crippen LogP contribution is -2.42. The van der Waals surface area contributed by atoms with Crippen LogP contribution in [-0.2, 0) is 0 Å². The van der Waals surface area contributed by atoms with E-state index in [1.807, 2.05) is 6.07 Å². The first kappa shape index (κ1) is 16.2. The molecule has 1 unspecified atom stereocenters. The Hall–Kier alpha value is -1.68. The second-order valence-corrected chi connectivity index (χ2v) is 6.66. The Morgan fingerprint density at radius 3 is 2.87 bits per heavy atom. The van der Waals surface area contributed by atoms with Gasteiger partial charge in [-0.1, -0.05) is 0 Å². The molecule has 2 fully saturated rings. The number of rotatable bonds is 4. The molecule has 1 aromatic heterocycles. The molecule has 1 atom stereocenters. The molecule has 1 aromatic rings. The van der Waals surface area contributed by atoms with E-state index in [-0.39, 0.29) is 0 Å². The first-order chi connectivity index (χ1) is 11.2. The van der Waals surface area contributed by atoms with Crippen LogP contribution in [0.5, 0.6) is 5.75 Å². The number of ether oxygens (including phenoxy) is 1. The van der Waals surface area contributed by atoms with Gasteiger partial charge in [0.25, 0.3) is 0 Å². The average Bonchev–Trinajstić information content (AvgIpc) is 3.04. The lowest BCUT2D eigenvalue weighted by atomic mass is 9.78. The molecule has 2 aliphatic rings. The number of β-amino-alcohol motifs (C(OH)–C–C–N with tert-alkyl or cyclic N) is 1. The molecular formula is C17H24N4O2. The summed E-state index contributed by atoms with van der Waals surface area (Å²) in [5.74, 6) is 0.464. The van der Waals surface area contributed by atoms with Crippen LogP contribution in [-0.4, -0.2) is 54.8 Å². The quantitative estimate of drug-likeness (QED) is 0.865. The van der Waals surface area contributed by atoms with Crippen molar-refractivity contribution in [1.82, 2.24) is 15.2 Å². The van der Waals surface area contributed by atoms with Gasteiger partial charge >= 0.3 is 0 Å². The number of pyridine rings is 1. The summed E-state index contributed by atoms with van der Waals surface area (Å²) in [6.45, 7) is 4.89. The van der Waals surface area contributed by atoms with E-state index < -0.39 is 6.10 Å². The van der Waals surface area contributed by atoms with Crippen LogP contribution in [0.3, 0.4) is 0 Å². The number of hydrogen-bond donors (Lipinski definition) is 2. The van der Waals surface area contributed by atoms with Gasteiger partial charge in [-0.15, -0.1) is 0 Å². The Morgan fingerprint density at radius 1 is 1.48 bits per heavy atom.